The third kappa shape index (κ3) is 4.81. The van der Waals surface area contributed by atoms with Gasteiger partial charge in [0.15, 0.2) is 0 Å². The van der Waals surface area contributed by atoms with Gasteiger partial charge in [-0.15, -0.1) is 0 Å². The van der Waals surface area contributed by atoms with Crippen LogP contribution in [0.2, 0.25) is 0 Å². The Balaban J connectivity index is 1.57. The van der Waals surface area contributed by atoms with Crippen LogP contribution in [-0.4, -0.2) is 55.5 Å². The number of aromatic nitrogens is 1. The second kappa shape index (κ2) is 9.29. The molecule has 1 aliphatic heterocycles. The first-order valence-corrected chi connectivity index (χ1v) is 10.9. The summed E-state index contributed by atoms with van der Waals surface area (Å²) in [5.41, 5.74) is 0.211. The van der Waals surface area contributed by atoms with Crippen molar-refractivity contribution in [1.29, 1.82) is 0 Å². The average Bonchev–Trinajstić information content (AvgIpc) is 2.77. The number of rotatable bonds is 6. The lowest BCUT2D eigenvalue weighted by molar-refractivity contribution is 0.0683. The third-order valence-electron chi connectivity index (χ3n) is 5.03. The fourth-order valence-corrected chi connectivity index (χ4v) is 4.27. The van der Waals surface area contributed by atoms with Crippen LogP contribution in [0.15, 0.2) is 53.7 Å². The van der Waals surface area contributed by atoms with Crippen molar-refractivity contribution in [1.82, 2.24) is 15.2 Å². The summed E-state index contributed by atoms with van der Waals surface area (Å²) in [6.45, 7) is 1.30. The number of hydrogen-bond acceptors (Lipinski definition) is 5. The van der Waals surface area contributed by atoms with Crippen LogP contribution in [0.5, 0.6) is 0 Å². The Kier molecular flexibility index (Phi) is 6.76. The van der Waals surface area contributed by atoms with Gasteiger partial charge >= 0.3 is 5.76 Å². The smallest absolute Gasteiger partial charge is 0.341 e. The highest BCUT2D eigenvalue weighted by Crippen LogP contribution is 2.23. The van der Waals surface area contributed by atoms with Crippen LogP contribution in [0.3, 0.4) is 0 Å². The molecular weight excluding hydrogens is 416 g/mol. The molecule has 0 atom stereocenters. The number of hydrogen-bond donors (Lipinski definition) is 1. The van der Waals surface area contributed by atoms with Crippen molar-refractivity contribution in [2.75, 3.05) is 19.6 Å². The van der Waals surface area contributed by atoms with Gasteiger partial charge < -0.3 is 10.2 Å². The second-order valence-corrected chi connectivity index (χ2v) is 8.88. The maximum Gasteiger partial charge on any atom is 0.341 e. The van der Waals surface area contributed by atoms with Gasteiger partial charge in [0.25, 0.3) is 11.8 Å². The van der Waals surface area contributed by atoms with Crippen molar-refractivity contribution >= 4 is 21.7 Å². The number of nitrogens with one attached hydrogen (secondary N) is 1. The number of amides is 2. The largest absolute Gasteiger partial charge is 0.352 e. The van der Waals surface area contributed by atoms with Gasteiger partial charge in [-0.1, -0.05) is 12.1 Å². The van der Waals surface area contributed by atoms with E-state index in [-0.39, 0.29) is 23.9 Å². The number of pyridine rings is 1. The molecule has 1 aromatic heterocycles. The lowest BCUT2D eigenvalue weighted by Gasteiger charge is -2.32. The van der Waals surface area contributed by atoms with E-state index in [1.54, 1.807) is 23.2 Å². The van der Waals surface area contributed by atoms with Crippen LogP contribution in [0.1, 0.15) is 33.6 Å². The Labute approximate surface area is 173 Å². The number of likely N-dealkylation sites (tertiary alicyclic amines) is 1. The first kappa shape index (κ1) is 21.8. The monoisotopic (exact) mass is 437 g/mol. The SMILES string of the molecule is O=C(NCC1CCN(C(=O)c2cccnc2)CC1)c1ccccc1S(=O)(=O)C(F)F. The minimum atomic E-state index is -4.88. The van der Waals surface area contributed by atoms with Crippen LogP contribution in [0, 0.1) is 5.92 Å². The van der Waals surface area contributed by atoms with E-state index in [1.807, 2.05) is 0 Å². The van der Waals surface area contributed by atoms with Crippen molar-refractivity contribution in [3.63, 3.8) is 0 Å². The molecule has 2 amide bonds. The molecule has 160 valence electrons. The Morgan fingerprint density at radius 1 is 1.13 bits per heavy atom. The molecule has 0 aliphatic carbocycles. The Morgan fingerprint density at radius 2 is 1.83 bits per heavy atom. The molecule has 0 spiro atoms. The normalized spacial score (nSPS) is 15.2. The quantitative estimate of drug-likeness (QED) is 0.749. The van der Waals surface area contributed by atoms with Crippen LogP contribution in [-0.2, 0) is 9.84 Å². The van der Waals surface area contributed by atoms with Gasteiger partial charge in [-0.05, 0) is 43.0 Å². The molecule has 0 unspecified atom stereocenters. The predicted octanol–water partition coefficient (Wildman–Crippen LogP) is 2.36. The van der Waals surface area contributed by atoms with Crippen molar-refractivity contribution in [3.8, 4) is 0 Å². The summed E-state index contributed by atoms with van der Waals surface area (Å²) in [7, 11) is -4.88. The fraction of sp³-hybridized carbons (Fsp3) is 0.350. The van der Waals surface area contributed by atoms with Crippen LogP contribution in [0.25, 0.3) is 0 Å². The maximum absolute atomic E-state index is 12.9. The summed E-state index contributed by atoms with van der Waals surface area (Å²) >= 11 is 0. The third-order valence-corrected chi connectivity index (χ3v) is 6.47. The summed E-state index contributed by atoms with van der Waals surface area (Å²) in [6.07, 6.45) is 4.42. The molecular formula is C20H21F2N3O4S. The number of piperidine rings is 1. The number of benzene rings is 1. The Morgan fingerprint density at radius 3 is 2.47 bits per heavy atom. The summed E-state index contributed by atoms with van der Waals surface area (Å²) in [5, 5.41) is 2.63. The first-order chi connectivity index (χ1) is 14.3. The fourth-order valence-electron chi connectivity index (χ4n) is 3.34. The second-order valence-electron chi connectivity index (χ2n) is 6.99. The minimum Gasteiger partial charge on any atom is -0.352 e. The van der Waals surface area contributed by atoms with Crippen molar-refractivity contribution in [3.05, 3.63) is 59.9 Å². The van der Waals surface area contributed by atoms with Crippen molar-refractivity contribution in [2.45, 2.75) is 23.5 Å². The summed E-state index contributed by atoms with van der Waals surface area (Å²) in [4.78, 5) is 29.9. The zero-order valence-electron chi connectivity index (χ0n) is 16.0. The molecule has 1 N–H and O–H groups in total. The van der Waals surface area contributed by atoms with Crippen LogP contribution >= 0.6 is 0 Å². The van der Waals surface area contributed by atoms with Gasteiger partial charge in [0.1, 0.15) is 0 Å². The molecule has 7 nitrogen and oxygen atoms in total. The molecule has 0 bridgehead atoms. The van der Waals surface area contributed by atoms with Gasteiger partial charge in [0.05, 0.1) is 16.0 Å². The molecule has 30 heavy (non-hydrogen) atoms. The first-order valence-electron chi connectivity index (χ1n) is 9.39. The highest BCUT2D eigenvalue weighted by molar-refractivity contribution is 7.91. The van der Waals surface area contributed by atoms with E-state index < -0.39 is 26.4 Å². The Bertz CT molecular complexity index is 1010. The number of halogens is 2. The highest BCUT2D eigenvalue weighted by atomic mass is 32.2. The molecule has 10 heteroatoms. The molecule has 2 heterocycles. The van der Waals surface area contributed by atoms with Gasteiger partial charge in [-0.3, -0.25) is 14.6 Å². The van der Waals surface area contributed by atoms with Crippen LogP contribution in [0.4, 0.5) is 8.78 Å². The van der Waals surface area contributed by atoms with Gasteiger partial charge in [0.2, 0.25) is 9.84 Å². The van der Waals surface area contributed by atoms with E-state index in [0.29, 0.717) is 31.5 Å². The summed E-state index contributed by atoms with van der Waals surface area (Å²) in [5.74, 6) is -4.33. The zero-order chi connectivity index (χ0) is 21.7. The van der Waals surface area contributed by atoms with E-state index in [9.17, 15) is 26.8 Å². The number of nitrogens with zero attached hydrogens (tertiary/aromatic N) is 2. The lowest BCUT2D eigenvalue weighted by atomic mass is 9.96. The van der Waals surface area contributed by atoms with E-state index in [4.69, 9.17) is 0 Å². The molecule has 0 radical (unpaired) electrons. The Hall–Kier alpha value is -2.88. The van der Waals surface area contributed by atoms with Crippen molar-refractivity contribution < 1.29 is 26.8 Å². The molecule has 1 aliphatic rings. The molecule has 1 aromatic carbocycles. The lowest BCUT2D eigenvalue weighted by Crippen LogP contribution is -2.41. The topological polar surface area (TPSA) is 96.4 Å². The summed E-state index contributed by atoms with van der Waals surface area (Å²) in [6, 6.07) is 8.32. The summed E-state index contributed by atoms with van der Waals surface area (Å²) < 4.78 is 49.4. The number of sulfone groups is 1. The van der Waals surface area contributed by atoms with Gasteiger partial charge in [0, 0.05) is 32.0 Å². The highest BCUT2D eigenvalue weighted by Gasteiger charge is 2.31. The van der Waals surface area contributed by atoms with Crippen molar-refractivity contribution in [2.24, 2.45) is 5.92 Å². The number of carbonyl (C=O) groups is 2. The van der Waals surface area contributed by atoms with Gasteiger partial charge in [-0.25, -0.2) is 8.42 Å². The van der Waals surface area contributed by atoms with E-state index in [2.05, 4.69) is 10.3 Å². The average molecular weight is 437 g/mol. The number of alkyl halides is 2. The van der Waals surface area contributed by atoms with Gasteiger partial charge in [-0.2, -0.15) is 8.78 Å². The number of carbonyl (C=O) groups excluding carboxylic acids is 2. The minimum absolute atomic E-state index is 0.0887. The molecule has 1 fully saturated rings. The van der Waals surface area contributed by atoms with E-state index in [1.165, 1.54) is 24.4 Å². The molecule has 0 saturated carbocycles. The molecule has 2 aromatic rings. The predicted molar refractivity (Wildman–Crippen MR) is 105 cm³/mol. The standard InChI is InChI=1S/C20H21F2N3O4S/c21-20(22)30(28,29)17-6-2-1-5-16(17)18(26)24-12-14-7-10-25(11-8-14)19(27)15-4-3-9-23-13-15/h1-6,9,13-14,20H,7-8,10-12H2,(H,24,26). The van der Waals surface area contributed by atoms with E-state index in [0.717, 1.165) is 6.07 Å². The van der Waals surface area contributed by atoms with Crippen LogP contribution < -0.4 is 5.32 Å². The molecule has 1 saturated heterocycles. The molecule has 3 rings (SSSR count). The maximum atomic E-state index is 12.9. The van der Waals surface area contributed by atoms with E-state index >= 15 is 0 Å². The zero-order valence-corrected chi connectivity index (χ0v) is 16.8.